The average molecular weight is 427 g/mol. The number of ether oxygens (including phenoxy) is 1. The molecule has 0 radical (unpaired) electrons. The molecule has 3 amide bonds. The Kier molecular flexibility index (Phi) is 6.59. The summed E-state index contributed by atoms with van der Waals surface area (Å²) in [7, 11) is 0. The normalized spacial score (nSPS) is 16.7. The lowest BCUT2D eigenvalue weighted by atomic mass is 10.1. The number of amides is 3. The maximum Gasteiger partial charge on any atom is 0.261 e. The minimum atomic E-state index is -0.262. The van der Waals surface area contributed by atoms with Gasteiger partial charge in [0.05, 0.1) is 11.1 Å². The van der Waals surface area contributed by atoms with Crippen molar-refractivity contribution in [1.29, 1.82) is 0 Å². The molecule has 4 rings (SSSR count). The maximum absolute atomic E-state index is 13.1. The van der Waals surface area contributed by atoms with Gasteiger partial charge in [0.25, 0.3) is 11.8 Å². The molecule has 1 aromatic carbocycles. The summed E-state index contributed by atoms with van der Waals surface area (Å²) in [5.41, 5.74) is 0.905. The van der Waals surface area contributed by atoms with Crippen molar-refractivity contribution in [3.8, 4) is 0 Å². The fourth-order valence-electron chi connectivity index (χ4n) is 4.17. The molecule has 2 aliphatic rings. The Morgan fingerprint density at radius 2 is 1.77 bits per heavy atom. The molecule has 2 aliphatic heterocycles. The number of thiophene rings is 1. The van der Waals surface area contributed by atoms with Gasteiger partial charge in [0.1, 0.15) is 0 Å². The Morgan fingerprint density at radius 3 is 2.40 bits per heavy atom. The van der Waals surface area contributed by atoms with Crippen LogP contribution in [0, 0.1) is 0 Å². The zero-order valence-corrected chi connectivity index (χ0v) is 17.7. The standard InChI is InChI=1S/C23H26N2O4S/c26-21(8-3-12-25-22(27)19-6-1-2-7-20(19)23(25)28)24(17-10-14-29-15-11-17)13-9-18-5-4-16-30-18/h1-2,4-7,16-17H,3,8-15H2. The molecule has 0 N–H and O–H groups in total. The van der Waals surface area contributed by atoms with Crippen LogP contribution in [0.1, 0.15) is 51.3 Å². The van der Waals surface area contributed by atoms with Crippen molar-refractivity contribution in [2.45, 2.75) is 38.1 Å². The first kappa shape index (κ1) is 20.8. The van der Waals surface area contributed by atoms with Crippen LogP contribution in [0.5, 0.6) is 0 Å². The first-order valence-electron chi connectivity index (χ1n) is 10.5. The Labute approximate surface area is 180 Å². The van der Waals surface area contributed by atoms with Crippen LogP contribution in [-0.4, -0.2) is 59.9 Å². The third-order valence-electron chi connectivity index (χ3n) is 5.78. The molecular formula is C23H26N2O4S. The number of carbonyl (C=O) groups is 3. The summed E-state index contributed by atoms with van der Waals surface area (Å²) in [6.07, 6.45) is 3.36. The van der Waals surface area contributed by atoms with Gasteiger partial charge in [0, 0.05) is 43.6 Å². The highest BCUT2D eigenvalue weighted by Crippen LogP contribution is 2.23. The van der Waals surface area contributed by atoms with Gasteiger partial charge >= 0.3 is 0 Å². The average Bonchev–Trinajstić information content (AvgIpc) is 3.38. The number of rotatable bonds is 8. The van der Waals surface area contributed by atoms with E-state index in [1.807, 2.05) is 11.0 Å². The van der Waals surface area contributed by atoms with Crippen LogP contribution in [0.2, 0.25) is 0 Å². The van der Waals surface area contributed by atoms with Crippen LogP contribution in [0.3, 0.4) is 0 Å². The van der Waals surface area contributed by atoms with E-state index in [9.17, 15) is 14.4 Å². The van der Waals surface area contributed by atoms with E-state index >= 15 is 0 Å². The minimum absolute atomic E-state index is 0.0927. The number of carbonyl (C=O) groups excluding carboxylic acids is 3. The van der Waals surface area contributed by atoms with Crippen LogP contribution in [0.4, 0.5) is 0 Å². The summed E-state index contributed by atoms with van der Waals surface area (Å²) in [5, 5.41) is 2.05. The Bertz CT molecular complexity index is 871. The smallest absolute Gasteiger partial charge is 0.261 e. The summed E-state index contributed by atoms with van der Waals surface area (Å²) in [4.78, 5) is 42.6. The highest BCUT2D eigenvalue weighted by Gasteiger charge is 2.35. The van der Waals surface area contributed by atoms with Gasteiger partial charge in [-0.2, -0.15) is 0 Å². The van der Waals surface area contributed by atoms with Crippen molar-refractivity contribution in [3.63, 3.8) is 0 Å². The molecule has 1 saturated heterocycles. The minimum Gasteiger partial charge on any atom is -0.381 e. The van der Waals surface area contributed by atoms with E-state index in [1.165, 1.54) is 9.78 Å². The molecule has 0 atom stereocenters. The number of imide groups is 1. The second-order valence-corrected chi connectivity index (χ2v) is 8.70. The molecule has 1 fully saturated rings. The van der Waals surface area contributed by atoms with Gasteiger partial charge < -0.3 is 9.64 Å². The molecule has 1 aromatic heterocycles. The van der Waals surface area contributed by atoms with Crippen molar-refractivity contribution in [1.82, 2.24) is 9.80 Å². The zero-order valence-electron chi connectivity index (χ0n) is 16.9. The maximum atomic E-state index is 13.1. The number of benzene rings is 1. The Balaban J connectivity index is 1.34. The van der Waals surface area contributed by atoms with E-state index < -0.39 is 0 Å². The molecule has 7 heteroatoms. The number of hydrogen-bond acceptors (Lipinski definition) is 5. The quantitative estimate of drug-likeness (QED) is 0.607. The van der Waals surface area contributed by atoms with Crippen LogP contribution in [0.25, 0.3) is 0 Å². The highest BCUT2D eigenvalue weighted by atomic mass is 32.1. The van der Waals surface area contributed by atoms with Crippen molar-refractivity contribution in [2.75, 3.05) is 26.3 Å². The summed E-state index contributed by atoms with van der Waals surface area (Å²) < 4.78 is 5.47. The number of nitrogens with zero attached hydrogens (tertiary/aromatic N) is 2. The summed E-state index contributed by atoms with van der Waals surface area (Å²) >= 11 is 1.71. The molecule has 3 heterocycles. The van der Waals surface area contributed by atoms with Gasteiger partial charge in [-0.1, -0.05) is 18.2 Å². The predicted molar refractivity (Wildman–Crippen MR) is 115 cm³/mol. The molecule has 2 aromatic rings. The van der Waals surface area contributed by atoms with Crippen LogP contribution >= 0.6 is 11.3 Å². The molecule has 30 heavy (non-hydrogen) atoms. The molecule has 6 nitrogen and oxygen atoms in total. The summed E-state index contributed by atoms with van der Waals surface area (Å²) in [6.45, 7) is 2.33. The van der Waals surface area contributed by atoms with Crippen molar-refractivity contribution in [2.24, 2.45) is 0 Å². The molecular weight excluding hydrogens is 400 g/mol. The van der Waals surface area contributed by atoms with Crippen molar-refractivity contribution >= 4 is 29.1 Å². The lowest BCUT2D eigenvalue weighted by molar-refractivity contribution is -0.135. The largest absolute Gasteiger partial charge is 0.381 e. The van der Waals surface area contributed by atoms with E-state index in [1.54, 1.807) is 35.6 Å². The van der Waals surface area contributed by atoms with Gasteiger partial charge in [0.2, 0.25) is 5.91 Å². The molecule has 0 aliphatic carbocycles. The van der Waals surface area contributed by atoms with Crippen LogP contribution in [-0.2, 0) is 16.0 Å². The Morgan fingerprint density at radius 1 is 1.07 bits per heavy atom. The number of hydrogen-bond donors (Lipinski definition) is 0. The van der Waals surface area contributed by atoms with Crippen LogP contribution in [0.15, 0.2) is 41.8 Å². The van der Waals surface area contributed by atoms with Gasteiger partial charge in [-0.15, -0.1) is 11.3 Å². The molecule has 0 saturated carbocycles. The van der Waals surface area contributed by atoms with Gasteiger partial charge in [0.15, 0.2) is 0 Å². The van der Waals surface area contributed by atoms with E-state index in [4.69, 9.17) is 4.74 Å². The van der Waals surface area contributed by atoms with Gasteiger partial charge in [-0.3, -0.25) is 19.3 Å². The lowest BCUT2D eigenvalue weighted by Crippen LogP contribution is -2.44. The van der Waals surface area contributed by atoms with Gasteiger partial charge in [-0.25, -0.2) is 0 Å². The van der Waals surface area contributed by atoms with E-state index in [-0.39, 0.29) is 30.3 Å². The predicted octanol–water partition coefficient (Wildman–Crippen LogP) is 3.37. The fraction of sp³-hybridized carbons (Fsp3) is 0.435. The van der Waals surface area contributed by atoms with E-state index in [0.29, 0.717) is 43.7 Å². The van der Waals surface area contributed by atoms with Crippen LogP contribution < -0.4 is 0 Å². The highest BCUT2D eigenvalue weighted by molar-refractivity contribution is 7.09. The third-order valence-corrected chi connectivity index (χ3v) is 6.72. The monoisotopic (exact) mass is 426 g/mol. The molecule has 0 bridgehead atoms. The van der Waals surface area contributed by atoms with Crippen molar-refractivity contribution in [3.05, 3.63) is 57.8 Å². The first-order chi connectivity index (χ1) is 14.6. The van der Waals surface area contributed by atoms with E-state index in [2.05, 4.69) is 11.4 Å². The SMILES string of the molecule is O=C1c2ccccc2C(=O)N1CCCC(=O)N(CCc1cccs1)C1CCOCC1. The zero-order chi connectivity index (χ0) is 20.9. The van der Waals surface area contributed by atoms with Gasteiger partial charge in [-0.05, 0) is 49.3 Å². The second kappa shape index (κ2) is 9.53. The molecule has 158 valence electrons. The molecule has 0 unspecified atom stereocenters. The third kappa shape index (κ3) is 4.47. The number of fused-ring (bicyclic) bond motifs is 1. The second-order valence-electron chi connectivity index (χ2n) is 7.67. The first-order valence-corrected chi connectivity index (χ1v) is 11.4. The lowest BCUT2D eigenvalue weighted by Gasteiger charge is -2.34. The molecule has 0 spiro atoms. The Hall–Kier alpha value is -2.51. The summed E-state index contributed by atoms with van der Waals surface area (Å²) in [6, 6.07) is 11.2. The van der Waals surface area contributed by atoms with Crippen molar-refractivity contribution < 1.29 is 19.1 Å². The fourth-order valence-corrected chi connectivity index (χ4v) is 4.87. The summed E-state index contributed by atoms with van der Waals surface area (Å²) in [5.74, 6) is -0.431. The topological polar surface area (TPSA) is 66.9 Å². The van der Waals surface area contributed by atoms with E-state index in [0.717, 1.165) is 19.3 Å².